The minimum atomic E-state index is -4.40. The average Bonchev–Trinajstić information content (AvgIpc) is 2.13. The first-order valence-electron chi connectivity index (χ1n) is 4.85. The summed E-state index contributed by atoms with van der Waals surface area (Å²) in [6, 6.07) is 0. The van der Waals surface area contributed by atoms with Crippen molar-refractivity contribution in [1.29, 1.82) is 0 Å². The number of hydrogen-bond donors (Lipinski definition) is 1. The molecule has 0 radical (unpaired) electrons. The summed E-state index contributed by atoms with van der Waals surface area (Å²) in [5.74, 6) is 0.553. The molecule has 0 heterocycles. The number of halogens is 1. The van der Waals surface area contributed by atoms with E-state index in [9.17, 15) is 13.2 Å². The molecule has 0 saturated heterocycles. The van der Waals surface area contributed by atoms with Gasteiger partial charge in [-0.15, -0.1) is 12.4 Å². The molecule has 16 heavy (non-hydrogen) atoms. The van der Waals surface area contributed by atoms with Gasteiger partial charge in [0.15, 0.2) is 0 Å². The molecule has 0 aliphatic heterocycles. The van der Waals surface area contributed by atoms with Gasteiger partial charge in [0.05, 0.1) is 0 Å². The molecule has 0 bridgehead atoms. The van der Waals surface area contributed by atoms with Crippen LogP contribution >= 0.6 is 24.2 Å². The highest BCUT2D eigenvalue weighted by atomic mass is 35.5. The molecule has 0 fully saturated rings. The Labute approximate surface area is 107 Å². The SMILES string of the molecule is CCCCN(C(=O)SCCC)S(=O)(=O)O.Cl. The predicted octanol–water partition coefficient (Wildman–Crippen LogP) is 2.58. The molecule has 0 rings (SSSR count). The van der Waals surface area contributed by atoms with Crippen molar-refractivity contribution in [3.05, 3.63) is 0 Å². The zero-order valence-electron chi connectivity index (χ0n) is 9.38. The van der Waals surface area contributed by atoms with E-state index in [0.29, 0.717) is 16.5 Å². The number of carbonyl (C=O) groups excluding carboxylic acids is 1. The normalized spacial score (nSPS) is 10.7. The number of nitrogens with zero attached hydrogens (tertiary/aromatic N) is 1. The molecule has 98 valence electrons. The van der Waals surface area contributed by atoms with E-state index in [2.05, 4.69) is 0 Å². The second-order valence-electron chi connectivity index (χ2n) is 3.02. The fraction of sp³-hybridized carbons (Fsp3) is 0.875. The van der Waals surface area contributed by atoms with E-state index in [1.54, 1.807) is 0 Å². The quantitative estimate of drug-likeness (QED) is 0.761. The van der Waals surface area contributed by atoms with Crippen LogP contribution in [0.1, 0.15) is 33.1 Å². The fourth-order valence-corrected chi connectivity index (χ4v) is 2.47. The zero-order valence-corrected chi connectivity index (χ0v) is 11.8. The van der Waals surface area contributed by atoms with Crippen molar-refractivity contribution in [1.82, 2.24) is 4.31 Å². The minimum Gasteiger partial charge on any atom is -0.269 e. The maximum Gasteiger partial charge on any atom is 0.362 e. The summed E-state index contributed by atoms with van der Waals surface area (Å²) < 4.78 is 31.1. The minimum absolute atomic E-state index is 0. The molecule has 0 aromatic rings. The molecule has 1 amide bonds. The van der Waals surface area contributed by atoms with Crippen molar-refractivity contribution in [3.8, 4) is 0 Å². The lowest BCUT2D eigenvalue weighted by atomic mass is 10.3. The molecule has 5 nitrogen and oxygen atoms in total. The average molecular weight is 292 g/mol. The fourth-order valence-electron chi connectivity index (χ4n) is 0.864. The van der Waals surface area contributed by atoms with Gasteiger partial charge in [-0.1, -0.05) is 32.0 Å². The third-order valence-corrected chi connectivity index (χ3v) is 3.73. The second-order valence-corrected chi connectivity index (χ2v) is 5.40. The van der Waals surface area contributed by atoms with Gasteiger partial charge in [0, 0.05) is 12.3 Å². The molecule has 0 aromatic heterocycles. The first-order valence-corrected chi connectivity index (χ1v) is 7.23. The van der Waals surface area contributed by atoms with Crippen molar-refractivity contribution < 1.29 is 17.8 Å². The van der Waals surface area contributed by atoms with Gasteiger partial charge in [0.2, 0.25) is 0 Å². The van der Waals surface area contributed by atoms with Gasteiger partial charge in [-0.2, -0.15) is 8.42 Å². The highest BCUT2D eigenvalue weighted by Crippen LogP contribution is 2.14. The monoisotopic (exact) mass is 291 g/mol. The van der Waals surface area contributed by atoms with Crippen LogP contribution in [-0.4, -0.2) is 34.8 Å². The summed E-state index contributed by atoms with van der Waals surface area (Å²) in [7, 11) is -4.40. The molecule has 8 heteroatoms. The molecular weight excluding hydrogens is 274 g/mol. The molecule has 0 spiro atoms. The Hall–Kier alpha value is 0.0200. The van der Waals surface area contributed by atoms with Gasteiger partial charge in [-0.05, 0) is 12.8 Å². The smallest absolute Gasteiger partial charge is 0.269 e. The number of amides is 1. The maximum absolute atomic E-state index is 11.4. The number of rotatable bonds is 6. The van der Waals surface area contributed by atoms with Crippen LogP contribution in [0.15, 0.2) is 0 Å². The van der Waals surface area contributed by atoms with Gasteiger partial charge >= 0.3 is 10.3 Å². The predicted molar refractivity (Wildman–Crippen MR) is 68.6 cm³/mol. The van der Waals surface area contributed by atoms with Crippen LogP contribution in [0, 0.1) is 0 Å². The molecule has 0 aromatic carbocycles. The van der Waals surface area contributed by atoms with Gasteiger partial charge in [-0.25, -0.2) is 4.31 Å². The van der Waals surface area contributed by atoms with E-state index in [-0.39, 0.29) is 19.0 Å². The summed E-state index contributed by atoms with van der Waals surface area (Å²) >= 11 is 0.910. The zero-order chi connectivity index (χ0) is 11.9. The summed E-state index contributed by atoms with van der Waals surface area (Å²) in [6.07, 6.45) is 2.10. The molecule has 0 aliphatic carbocycles. The van der Waals surface area contributed by atoms with Crippen molar-refractivity contribution >= 4 is 39.7 Å². The van der Waals surface area contributed by atoms with Crippen molar-refractivity contribution in [3.63, 3.8) is 0 Å². The van der Waals surface area contributed by atoms with Crippen molar-refractivity contribution in [2.45, 2.75) is 33.1 Å². The van der Waals surface area contributed by atoms with Crippen molar-refractivity contribution in [2.75, 3.05) is 12.3 Å². The Morgan fingerprint density at radius 1 is 1.31 bits per heavy atom. The summed E-state index contributed by atoms with van der Waals surface area (Å²) in [5, 5.41) is -0.604. The lowest BCUT2D eigenvalue weighted by Crippen LogP contribution is -2.34. The van der Waals surface area contributed by atoms with E-state index in [4.69, 9.17) is 4.55 Å². The van der Waals surface area contributed by atoms with Gasteiger partial charge in [0.25, 0.3) is 5.24 Å². The third-order valence-electron chi connectivity index (χ3n) is 1.63. The Morgan fingerprint density at radius 2 is 1.88 bits per heavy atom. The molecule has 1 N–H and O–H groups in total. The third kappa shape index (κ3) is 7.32. The first kappa shape index (κ1) is 18.4. The highest BCUT2D eigenvalue weighted by molar-refractivity contribution is 8.14. The van der Waals surface area contributed by atoms with Crippen LogP contribution in [0.5, 0.6) is 0 Å². The van der Waals surface area contributed by atoms with Crippen LogP contribution < -0.4 is 0 Å². The van der Waals surface area contributed by atoms with Gasteiger partial charge in [0.1, 0.15) is 0 Å². The van der Waals surface area contributed by atoms with Crippen LogP contribution in [0.2, 0.25) is 0 Å². The van der Waals surface area contributed by atoms with Crippen LogP contribution in [-0.2, 0) is 10.3 Å². The van der Waals surface area contributed by atoms with Crippen LogP contribution in [0.3, 0.4) is 0 Å². The molecular formula is C8H18ClNO4S2. The Morgan fingerprint density at radius 3 is 2.25 bits per heavy atom. The van der Waals surface area contributed by atoms with E-state index in [1.807, 2.05) is 13.8 Å². The lowest BCUT2D eigenvalue weighted by Gasteiger charge is -2.17. The van der Waals surface area contributed by atoms with Gasteiger partial charge < -0.3 is 0 Å². The summed E-state index contributed by atoms with van der Waals surface area (Å²) in [6.45, 7) is 3.82. The first-order chi connectivity index (χ1) is 6.93. The lowest BCUT2D eigenvalue weighted by molar-refractivity contribution is 0.241. The number of hydrogen-bond acceptors (Lipinski definition) is 4. The number of unbranched alkanes of at least 4 members (excludes halogenated alkanes) is 1. The highest BCUT2D eigenvalue weighted by Gasteiger charge is 2.24. The van der Waals surface area contributed by atoms with Gasteiger partial charge in [-0.3, -0.25) is 9.35 Å². The van der Waals surface area contributed by atoms with Crippen molar-refractivity contribution in [2.24, 2.45) is 0 Å². The molecule has 0 aliphatic rings. The number of thioether (sulfide) groups is 1. The summed E-state index contributed by atoms with van der Waals surface area (Å²) in [4.78, 5) is 11.4. The molecule has 0 saturated carbocycles. The van der Waals surface area contributed by atoms with Crippen LogP contribution in [0.25, 0.3) is 0 Å². The van der Waals surface area contributed by atoms with E-state index < -0.39 is 15.5 Å². The largest absolute Gasteiger partial charge is 0.362 e. The van der Waals surface area contributed by atoms with E-state index in [1.165, 1.54) is 0 Å². The second kappa shape index (κ2) is 9.09. The standard InChI is InChI=1S/C8H17NO4S2.ClH/c1-3-5-6-9(15(11,12)13)8(10)14-7-4-2;/h3-7H2,1-2H3,(H,11,12,13);1H. The Bertz CT molecular complexity index is 294. The Balaban J connectivity index is 0. The molecule has 0 unspecified atom stereocenters. The Kier molecular flexibility index (Phi) is 10.4. The van der Waals surface area contributed by atoms with Crippen LogP contribution in [0.4, 0.5) is 4.79 Å². The maximum atomic E-state index is 11.4. The molecule has 0 atom stereocenters. The topological polar surface area (TPSA) is 74.7 Å². The van der Waals surface area contributed by atoms with E-state index >= 15 is 0 Å². The number of carbonyl (C=O) groups is 1. The summed E-state index contributed by atoms with van der Waals surface area (Å²) in [5.41, 5.74) is 0. The van der Waals surface area contributed by atoms with E-state index in [0.717, 1.165) is 24.6 Å².